The maximum Gasteiger partial charge on any atom is 0.356 e. The monoisotopic (exact) mass is 275 g/mol. The van der Waals surface area contributed by atoms with E-state index in [2.05, 4.69) is 15.3 Å². The third kappa shape index (κ3) is 4.09. The Bertz CT molecular complexity index is 466. The standard InChI is InChI=1S/C11H15F2N3O3/c1-6(2)9-14-3-7(8(16-9)10(18)19)15-4-11(12,13)5-17/h3,6,15,17H,4-5H2,1-2H3,(H,18,19). The molecule has 1 heterocycles. The Kier molecular flexibility index (Phi) is 4.71. The van der Waals surface area contributed by atoms with E-state index in [0.29, 0.717) is 5.82 Å². The van der Waals surface area contributed by atoms with Gasteiger partial charge in [-0.15, -0.1) is 0 Å². The molecule has 0 saturated heterocycles. The van der Waals surface area contributed by atoms with Crippen LogP contribution in [0.4, 0.5) is 14.5 Å². The SMILES string of the molecule is CC(C)c1ncc(NCC(F)(F)CO)c(C(=O)O)n1. The summed E-state index contributed by atoms with van der Waals surface area (Å²) in [5.74, 6) is -4.44. The number of nitrogens with zero attached hydrogens (tertiary/aromatic N) is 2. The Hall–Kier alpha value is -1.83. The lowest BCUT2D eigenvalue weighted by Gasteiger charge is -2.16. The molecule has 0 aliphatic rings. The second-order valence-electron chi connectivity index (χ2n) is 4.32. The Labute approximate surface area is 108 Å². The zero-order valence-electron chi connectivity index (χ0n) is 10.5. The van der Waals surface area contributed by atoms with Crippen LogP contribution in [0, 0.1) is 0 Å². The molecule has 0 radical (unpaired) electrons. The molecule has 19 heavy (non-hydrogen) atoms. The molecule has 0 atom stereocenters. The van der Waals surface area contributed by atoms with Crippen molar-refractivity contribution >= 4 is 11.7 Å². The van der Waals surface area contributed by atoms with Gasteiger partial charge < -0.3 is 15.5 Å². The molecule has 0 unspecified atom stereocenters. The smallest absolute Gasteiger partial charge is 0.356 e. The summed E-state index contributed by atoms with van der Waals surface area (Å²) in [6.07, 6.45) is 1.15. The number of anilines is 1. The van der Waals surface area contributed by atoms with E-state index in [-0.39, 0.29) is 17.3 Å². The van der Waals surface area contributed by atoms with Crippen LogP contribution in [0.3, 0.4) is 0 Å². The number of hydrogen-bond donors (Lipinski definition) is 3. The van der Waals surface area contributed by atoms with E-state index in [1.807, 2.05) is 0 Å². The Balaban J connectivity index is 2.98. The van der Waals surface area contributed by atoms with Gasteiger partial charge >= 0.3 is 5.97 Å². The highest BCUT2D eigenvalue weighted by atomic mass is 19.3. The van der Waals surface area contributed by atoms with Crippen LogP contribution in [-0.4, -0.2) is 45.2 Å². The third-order valence-electron chi connectivity index (χ3n) is 2.30. The molecule has 1 rings (SSSR count). The van der Waals surface area contributed by atoms with E-state index in [9.17, 15) is 13.6 Å². The van der Waals surface area contributed by atoms with Gasteiger partial charge in [-0.25, -0.2) is 23.5 Å². The van der Waals surface area contributed by atoms with Gasteiger partial charge in [-0.3, -0.25) is 0 Å². The van der Waals surface area contributed by atoms with Crippen molar-refractivity contribution in [2.45, 2.75) is 25.7 Å². The molecule has 106 valence electrons. The lowest BCUT2D eigenvalue weighted by atomic mass is 10.2. The number of rotatable bonds is 6. The van der Waals surface area contributed by atoms with E-state index < -0.39 is 25.0 Å². The number of aromatic nitrogens is 2. The van der Waals surface area contributed by atoms with Crippen LogP contribution in [0.25, 0.3) is 0 Å². The quantitative estimate of drug-likeness (QED) is 0.725. The number of carboxylic acid groups (broad SMARTS) is 1. The Morgan fingerprint density at radius 2 is 2.16 bits per heavy atom. The molecular weight excluding hydrogens is 260 g/mol. The van der Waals surface area contributed by atoms with Crippen molar-refractivity contribution in [3.05, 3.63) is 17.7 Å². The first-order chi connectivity index (χ1) is 8.76. The van der Waals surface area contributed by atoms with Crippen molar-refractivity contribution in [2.24, 2.45) is 0 Å². The summed E-state index contributed by atoms with van der Waals surface area (Å²) in [4.78, 5) is 18.7. The molecule has 6 nitrogen and oxygen atoms in total. The van der Waals surface area contributed by atoms with Crippen molar-refractivity contribution in [3.63, 3.8) is 0 Å². The molecule has 0 bridgehead atoms. The summed E-state index contributed by atoms with van der Waals surface area (Å²) in [5.41, 5.74) is -0.475. The zero-order chi connectivity index (χ0) is 14.6. The van der Waals surface area contributed by atoms with Crippen LogP contribution in [0.5, 0.6) is 0 Å². The highest BCUT2D eigenvalue weighted by Crippen LogP contribution is 2.19. The topological polar surface area (TPSA) is 95.3 Å². The van der Waals surface area contributed by atoms with Gasteiger partial charge in [0.2, 0.25) is 0 Å². The van der Waals surface area contributed by atoms with Crippen molar-refractivity contribution in [3.8, 4) is 0 Å². The second-order valence-corrected chi connectivity index (χ2v) is 4.32. The minimum absolute atomic E-state index is 0.0777. The number of carboxylic acids is 1. The van der Waals surface area contributed by atoms with Gasteiger partial charge in [0.25, 0.3) is 5.92 Å². The zero-order valence-corrected chi connectivity index (χ0v) is 10.5. The van der Waals surface area contributed by atoms with E-state index in [1.165, 1.54) is 0 Å². The number of hydrogen-bond acceptors (Lipinski definition) is 5. The first-order valence-corrected chi connectivity index (χ1v) is 5.59. The van der Waals surface area contributed by atoms with Gasteiger partial charge in [-0.2, -0.15) is 0 Å². The fraction of sp³-hybridized carbons (Fsp3) is 0.545. The van der Waals surface area contributed by atoms with Crippen molar-refractivity contribution in [1.29, 1.82) is 0 Å². The van der Waals surface area contributed by atoms with Crippen LogP contribution in [-0.2, 0) is 0 Å². The molecule has 0 amide bonds. The predicted octanol–water partition coefficient (Wildman–Crippen LogP) is 1.34. The summed E-state index contributed by atoms with van der Waals surface area (Å²) in [6, 6.07) is 0. The van der Waals surface area contributed by atoms with Gasteiger partial charge in [0.1, 0.15) is 12.4 Å². The van der Waals surface area contributed by atoms with Gasteiger partial charge in [0.05, 0.1) is 18.4 Å². The molecule has 0 saturated carbocycles. The molecule has 0 aliphatic heterocycles. The number of aromatic carboxylic acids is 1. The fourth-order valence-electron chi connectivity index (χ4n) is 1.25. The largest absolute Gasteiger partial charge is 0.476 e. The van der Waals surface area contributed by atoms with Crippen molar-refractivity contribution in [1.82, 2.24) is 9.97 Å². The Morgan fingerprint density at radius 3 is 2.63 bits per heavy atom. The van der Waals surface area contributed by atoms with Crippen molar-refractivity contribution < 1.29 is 23.8 Å². The average molecular weight is 275 g/mol. The molecule has 1 aromatic rings. The highest BCUT2D eigenvalue weighted by Gasteiger charge is 2.28. The minimum Gasteiger partial charge on any atom is -0.476 e. The molecule has 3 N–H and O–H groups in total. The van der Waals surface area contributed by atoms with Gasteiger partial charge in [0.15, 0.2) is 5.69 Å². The number of aliphatic hydroxyl groups excluding tert-OH is 1. The molecule has 0 spiro atoms. The first kappa shape index (κ1) is 15.2. The summed E-state index contributed by atoms with van der Waals surface area (Å²) < 4.78 is 25.8. The normalized spacial score (nSPS) is 11.7. The number of carbonyl (C=O) groups is 1. The molecule has 0 aliphatic carbocycles. The maximum atomic E-state index is 12.9. The third-order valence-corrected chi connectivity index (χ3v) is 2.30. The van der Waals surface area contributed by atoms with Crippen molar-refractivity contribution in [2.75, 3.05) is 18.5 Å². The lowest BCUT2D eigenvalue weighted by molar-refractivity contribution is -0.0373. The van der Waals surface area contributed by atoms with E-state index >= 15 is 0 Å². The van der Waals surface area contributed by atoms with Gasteiger partial charge in [-0.1, -0.05) is 13.8 Å². The summed E-state index contributed by atoms with van der Waals surface area (Å²) in [5, 5.41) is 19.7. The van der Waals surface area contributed by atoms with E-state index in [1.54, 1.807) is 13.8 Å². The lowest BCUT2D eigenvalue weighted by Crippen LogP contribution is -2.31. The molecule has 0 fully saturated rings. The Morgan fingerprint density at radius 1 is 1.53 bits per heavy atom. The van der Waals surface area contributed by atoms with Gasteiger partial charge in [0, 0.05) is 5.92 Å². The average Bonchev–Trinajstić information content (AvgIpc) is 2.36. The minimum atomic E-state index is -3.34. The molecule has 1 aromatic heterocycles. The predicted molar refractivity (Wildman–Crippen MR) is 63.6 cm³/mol. The van der Waals surface area contributed by atoms with E-state index in [4.69, 9.17) is 10.2 Å². The van der Waals surface area contributed by atoms with Crippen LogP contribution in [0.1, 0.15) is 36.1 Å². The molecular formula is C11H15F2N3O3. The second kappa shape index (κ2) is 5.87. The van der Waals surface area contributed by atoms with Gasteiger partial charge in [-0.05, 0) is 0 Å². The number of halogens is 2. The van der Waals surface area contributed by atoms with Crippen LogP contribution >= 0.6 is 0 Å². The summed E-state index contributed by atoms with van der Waals surface area (Å²) in [7, 11) is 0. The highest BCUT2D eigenvalue weighted by molar-refractivity contribution is 5.91. The van der Waals surface area contributed by atoms with E-state index in [0.717, 1.165) is 6.20 Å². The molecule has 0 aromatic carbocycles. The first-order valence-electron chi connectivity index (χ1n) is 5.59. The fourth-order valence-corrected chi connectivity index (χ4v) is 1.25. The molecule has 8 heteroatoms. The van der Waals surface area contributed by atoms with Crippen LogP contribution in [0.2, 0.25) is 0 Å². The maximum absolute atomic E-state index is 12.9. The number of alkyl halides is 2. The van der Waals surface area contributed by atoms with Crippen LogP contribution in [0.15, 0.2) is 6.20 Å². The number of aliphatic hydroxyl groups is 1. The van der Waals surface area contributed by atoms with Crippen LogP contribution < -0.4 is 5.32 Å². The summed E-state index contributed by atoms with van der Waals surface area (Å²) in [6.45, 7) is 1.35. The summed E-state index contributed by atoms with van der Waals surface area (Å²) >= 11 is 0. The number of nitrogens with one attached hydrogen (secondary N) is 1.